The summed E-state index contributed by atoms with van der Waals surface area (Å²) in [6.45, 7) is 1.09. The van der Waals surface area contributed by atoms with Gasteiger partial charge in [-0.05, 0) is 30.5 Å². The van der Waals surface area contributed by atoms with Crippen LogP contribution in [0.5, 0.6) is 0 Å². The molecular formula is C19H20BrN. The van der Waals surface area contributed by atoms with Crippen molar-refractivity contribution >= 4 is 26.8 Å². The van der Waals surface area contributed by atoms with Gasteiger partial charge in [-0.25, -0.2) is 0 Å². The summed E-state index contributed by atoms with van der Waals surface area (Å²) < 4.78 is 2.47. The molecule has 21 heavy (non-hydrogen) atoms. The van der Waals surface area contributed by atoms with Gasteiger partial charge in [0.1, 0.15) is 0 Å². The highest BCUT2D eigenvalue weighted by Crippen LogP contribution is 2.28. The number of unbranched alkanes of at least 4 members (excludes halogenated alkanes) is 2. The van der Waals surface area contributed by atoms with Gasteiger partial charge < -0.3 is 4.57 Å². The van der Waals surface area contributed by atoms with Gasteiger partial charge in [-0.3, -0.25) is 0 Å². The molecule has 108 valence electrons. The minimum absolute atomic E-state index is 1.09. The average Bonchev–Trinajstić information content (AvgIpc) is 2.91. The van der Waals surface area contributed by atoms with Crippen LogP contribution in [0.25, 0.3) is 22.2 Å². The molecule has 0 fully saturated rings. The molecule has 2 heteroatoms. The Kier molecular flexibility index (Phi) is 4.76. The Labute approximate surface area is 134 Å². The van der Waals surface area contributed by atoms with Crippen LogP contribution in [0.2, 0.25) is 0 Å². The molecule has 0 bridgehead atoms. The lowest BCUT2D eigenvalue weighted by Crippen LogP contribution is -2.00. The molecule has 0 aliphatic rings. The third kappa shape index (κ3) is 3.21. The molecule has 1 heterocycles. The SMILES string of the molecule is BrCCCCCn1c(-c2ccccc2)cc2ccccc21. The maximum absolute atomic E-state index is 3.51. The number of hydrogen-bond donors (Lipinski definition) is 0. The fraction of sp³-hybridized carbons (Fsp3) is 0.263. The normalized spacial score (nSPS) is 11.1. The van der Waals surface area contributed by atoms with Gasteiger partial charge in [0.2, 0.25) is 0 Å². The lowest BCUT2D eigenvalue weighted by Gasteiger charge is -2.11. The Hall–Kier alpha value is -1.54. The standard InChI is InChI=1S/C19H20BrN/c20-13-7-2-8-14-21-18-12-6-5-11-17(18)15-19(21)16-9-3-1-4-10-16/h1,3-6,9-12,15H,2,7-8,13-14H2. The predicted molar refractivity (Wildman–Crippen MR) is 95.0 cm³/mol. The molecule has 0 amide bonds. The maximum Gasteiger partial charge on any atom is 0.0491 e. The predicted octanol–water partition coefficient (Wildman–Crippen LogP) is 5.87. The van der Waals surface area contributed by atoms with E-state index in [0.717, 1.165) is 11.9 Å². The molecule has 0 spiro atoms. The summed E-state index contributed by atoms with van der Waals surface area (Å²) in [4.78, 5) is 0. The number of benzene rings is 2. The molecular weight excluding hydrogens is 322 g/mol. The van der Waals surface area contributed by atoms with Crippen molar-refractivity contribution < 1.29 is 0 Å². The number of nitrogens with zero attached hydrogens (tertiary/aromatic N) is 1. The van der Waals surface area contributed by atoms with E-state index in [0.29, 0.717) is 0 Å². The van der Waals surface area contributed by atoms with Crippen LogP contribution in [-0.4, -0.2) is 9.90 Å². The molecule has 3 aromatic rings. The van der Waals surface area contributed by atoms with Gasteiger partial charge in [-0.2, -0.15) is 0 Å². The number of para-hydroxylation sites is 1. The van der Waals surface area contributed by atoms with Crippen LogP contribution in [0.1, 0.15) is 19.3 Å². The Bertz CT molecular complexity index is 700. The summed E-state index contributed by atoms with van der Waals surface area (Å²) in [5.41, 5.74) is 3.97. The first-order valence-electron chi connectivity index (χ1n) is 7.60. The second-order valence-corrected chi connectivity index (χ2v) is 6.15. The monoisotopic (exact) mass is 341 g/mol. The largest absolute Gasteiger partial charge is 0.340 e. The molecule has 0 radical (unpaired) electrons. The average molecular weight is 342 g/mol. The molecule has 0 saturated heterocycles. The van der Waals surface area contributed by atoms with E-state index in [1.54, 1.807) is 0 Å². The van der Waals surface area contributed by atoms with E-state index < -0.39 is 0 Å². The molecule has 0 atom stereocenters. The van der Waals surface area contributed by atoms with Crippen molar-refractivity contribution in [3.63, 3.8) is 0 Å². The van der Waals surface area contributed by atoms with Gasteiger partial charge in [-0.1, -0.05) is 70.9 Å². The van der Waals surface area contributed by atoms with E-state index in [9.17, 15) is 0 Å². The molecule has 3 rings (SSSR count). The molecule has 1 nitrogen and oxygen atoms in total. The first-order valence-corrected chi connectivity index (χ1v) is 8.72. The van der Waals surface area contributed by atoms with E-state index in [1.165, 1.54) is 41.4 Å². The Morgan fingerprint density at radius 1 is 0.810 bits per heavy atom. The van der Waals surface area contributed by atoms with Gasteiger partial charge in [0.05, 0.1) is 0 Å². The minimum Gasteiger partial charge on any atom is -0.340 e. The summed E-state index contributed by atoms with van der Waals surface area (Å²) in [6, 6.07) is 21.7. The summed E-state index contributed by atoms with van der Waals surface area (Å²) in [7, 11) is 0. The fourth-order valence-electron chi connectivity index (χ4n) is 2.84. The van der Waals surface area contributed by atoms with Crippen LogP contribution in [-0.2, 0) is 6.54 Å². The quantitative estimate of drug-likeness (QED) is 0.390. The summed E-state index contributed by atoms with van der Waals surface area (Å²) >= 11 is 3.51. The molecule has 0 aliphatic heterocycles. The molecule has 2 aromatic carbocycles. The summed E-state index contributed by atoms with van der Waals surface area (Å²) in [5, 5.41) is 2.43. The summed E-state index contributed by atoms with van der Waals surface area (Å²) in [5.74, 6) is 0. The number of fused-ring (bicyclic) bond motifs is 1. The van der Waals surface area contributed by atoms with Crippen LogP contribution in [0.3, 0.4) is 0 Å². The van der Waals surface area contributed by atoms with Crippen LogP contribution in [0.4, 0.5) is 0 Å². The minimum atomic E-state index is 1.09. The third-order valence-electron chi connectivity index (χ3n) is 3.90. The van der Waals surface area contributed by atoms with Crippen molar-refractivity contribution in [1.82, 2.24) is 4.57 Å². The highest BCUT2D eigenvalue weighted by atomic mass is 79.9. The van der Waals surface area contributed by atoms with Crippen molar-refractivity contribution in [2.75, 3.05) is 5.33 Å². The molecule has 0 unspecified atom stereocenters. The van der Waals surface area contributed by atoms with Crippen LogP contribution in [0, 0.1) is 0 Å². The highest BCUT2D eigenvalue weighted by Gasteiger charge is 2.09. The lowest BCUT2D eigenvalue weighted by molar-refractivity contribution is 0.623. The van der Waals surface area contributed by atoms with E-state index in [1.807, 2.05) is 0 Å². The molecule has 1 aromatic heterocycles. The first kappa shape index (κ1) is 14.4. The number of hydrogen-bond acceptors (Lipinski definition) is 0. The first-order chi connectivity index (χ1) is 10.4. The third-order valence-corrected chi connectivity index (χ3v) is 4.46. The second kappa shape index (κ2) is 6.95. The van der Waals surface area contributed by atoms with Crippen LogP contribution in [0.15, 0.2) is 60.7 Å². The summed E-state index contributed by atoms with van der Waals surface area (Å²) in [6.07, 6.45) is 3.75. The Morgan fingerprint density at radius 2 is 1.57 bits per heavy atom. The maximum atomic E-state index is 3.51. The van der Waals surface area contributed by atoms with Crippen LogP contribution >= 0.6 is 15.9 Å². The zero-order valence-corrected chi connectivity index (χ0v) is 13.7. The van der Waals surface area contributed by atoms with Gasteiger partial charge in [0, 0.05) is 28.5 Å². The number of aromatic nitrogens is 1. The van der Waals surface area contributed by atoms with E-state index in [2.05, 4.69) is 81.2 Å². The van der Waals surface area contributed by atoms with Gasteiger partial charge in [-0.15, -0.1) is 0 Å². The van der Waals surface area contributed by atoms with Gasteiger partial charge >= 0.3 is 0 Å². The zero-order valence-electron chi connectivity index (χ0n) is 12.1. The topological polar surface area (TPSA) is 4.93 Å². The van der Waals surface area contributed by atoms with Crippen molar-refractivity contribution in [1.29, 1.82) is 0 Å². The smallest absolute Gasteiger partial charge is 0.0491 e. The Balaban J connectivity index is 1.98. The van der Waals surface area contributed by atoms with Gasteiger partial charge in [0.25, 0.3) is 0 Å². The molecule has 0 N–H and O–H groups in total. The highest BCUT2D eigenvalue weighted by molar-refractivity contribution is 9.09. The second-order valence-electron chi connectivity index (χ2n) is 5.36. The number of halogens is 1. The number of alkyl halides is 1. The van der Waals surface area contributed by atoms with E-state index in [-0.39, 0.29) is 0 Å². The molecule has 0 saturated carbocycles. The van der Waals surface area contributed by atoms with Crippen molar-refractivity contribution in [3.05, 3.63) is 60.7 Å². The fourth-order valence-corrected chi connectivity index (χ4v) is 3.24. The lowest BCUT2D eigenvalue weighted by atomic mass is 10.1. The van der Waals surface area contributed by atoms with Gasteiger partial charge in [0.15, 0.2) is 0 Å². The van der Waals surface area contributed by atoms with E-state index in [4.69, 9.17) is 0 Å². The number of aryl methyl sites for hydroxylation is 1. The molecule has 0 aliphatic carbocycles. The zero-order chi connectivity index (χ0) is 14.5. The van der Waals surface area contributed by atoms with Crippen LogP contribution < -0.4 is 0 Å². The Morgan fingerprint density at radius 3 is 2.38 bits per heavy atom. The van der Waals surface area contributed by atoms with E-state index >= 15 is 0 Å². The number of rotatable bonds is 6. The van der Waals surface area contributed by atoms with Crippen molar-refractivity contribution in [2.45, 2.75) is 25.8 Å². The van der Waals surface area contributed by atoms with Crippen molar-refractivity contribution in [3.8, 4) is 11.3 Å². The van der Waals surface area contributed by atoms with Crippen molar-refractivity contribution in [2.24, 2.45) is 0 Å².